The number of ether oxygens (including phenoxy) is 1. The largest absolute Gasteiger partial charge is 0.486 e. The molecule has 0 aliphatic heterocycles. The van der Waals surface area contributed by atoms with E-state index in [2.05, 4.69) is 31.5 Å². The lowest BCUT2D eigenvalue weighted by atomic mass is 10.2. The Bertz CT molecular complexity index is 1290. The molecule has 4 rings (SSSR count). The molecule has 0 saturated heterocycles. The standard InChI is InChI=1S/C24H21BrN4O3/c1-16-7-6-12-29-14-17(27-23(16)29)15-32-21-11-5-2-8-18(21)24(31)26-13-22(30)28-20-10-4-3-9-19(20)25/h2-12,14H,13,15H2,1H3,(H,26,31)(H,28,30). The van der Waals surface area contributed by atoms with Crippen molar-refractivity contribution in [1.29, 1.82) is 0 Å². The minimum Gasteiger partial charge on any atom is -0.486 e. The molecule has 0 saturated carbocycles. The van der Waals surface area contributed by atoms with Crippen molar-refractivity contribution in [2.45, 2.75) is 13.5 Å². The molecule has 162 valence electrons. The summed E-state index contributed by atoms with van der Waals surface area (Å²) < 4.78 is 8.59. The third kappa shape index (κ3) is 4.97. The fraction of sp³-hybridized carbons (Fsp3) is 0.125. The van der Waals surface area contributed by atoms with Crippen LogP contribution in [0.3, 0.4) is 0 Å². The fourth-order valence-corrected chi connectivity index (χ4v) is 3.60. The Kier molecular flexibility index (Phi) is 6.51. The Morgan fingerprint density at radius 2 is 1.84 bits per heavy atom. The zero-order valence-electron chi connectivity index (χ0n) is 17.3. The lowest BCUT2D eigenvalue weighted by Crippen LogP contribution is -2.33. The molecule has 4 aromatic rings. The average molecular weight is 493 g/mol. The van der Waals surface area contributed by atoms with E-state index in [-0.39, 0.29) is 19.1 Å². The number of nitrogens with zero attached hydrogens (tertiary/aromatic N) is 2. The van der Waals surface area contributed by atoms with Crippen molar-refractivity contribution in [2.75, 3.05) is 11.9 Å². The van der Waals surface area contributed by atoms with Crippen LogP contribution >= 0.6 is 15.9 Å². The number of imidazole rings is 1. The molecule has 0 radical (unpaired) electrons. The number of carbonyl (C=O) groups excluding carboxylic acids is 2. The van der Waals surface area contributed by atoms with Gasteiger partial charge in [0.2, 0.25) is 5.91 Å². The van der Waals surface area contributed by atoms with Crippen molar-refractivity contribution >= 4 is 39.1 Å². The Hall–Kier alpha value is -3.65. The number of anilines is 1. The van der Waals surface area contributed by atoms with Gasteiger partial charge in [-0.15, -0.1) is 0 Å². The zero-order valence-corrected chi connectivity index (χ0v) is 18.9. The number of halogens is 1. The summed E-state index contributed by atoms with van der Waals surface area (Å²) >= 11 is 3.38. The van der Waals surface area contributed by atoms with E-state index in [0.29, 0.717) is 17.0 Å². The third-order valence-electron chi connectivity index (χ3n) is 4.79. The summed E-state index contributed by atoms with van der Waals surface area (Å²) in [7, 11) is 0. The van der Waals surface area contributed by atoms with Gasteiger partial charge in [-0.3, -0.25) is 9.59 Å². The summed E-state index contributed by atoms with van der Waals surface area (Å²) in [5.41, 5.74) is 3.68. The minimum atomic E-state index is -0.395. The first kappa shape index (κ1) is 21.6. The van der Waals surface area contributed by atoms with Gasteiger partial charge in [-0.1, -0.05) is 30.3 Å². The van der Waals surface area contributed by atoms with Crippen LogP contribution in [0.4, 0.5) is 5.69 Å². The number of carbonyl (C=O) groups is 2. The fourth-order valence-electron chi connectivity index (χ4n) is 3.22. The molecule has 0 aliphatic carbocycles. The van der Waals surface area contributed by atoms with Crippen LogP contribution in [0.5, 0.6) is 5.75 Å². The van der Waals surface area contributed by atoms with Crippen molar-refractivity contribution in [3.8, 4) is 5.75 Å². The monoisotopic (exact) mass is 492 g/mol. The number of hydrogen-bond donors (Lipinski definition) is 2. The number of rotatable bonds is 7. The normalized spacial score (nSPS) is 10.7. The van der Waals surface area contributed by atoms with E-state index < -0.39 is 5.91 Å². The first-order valence-corrected chi connectivity index (χ1v) is 10.8. The lowest BCUT2D eigenvalue weighted by Gasteiger charge is -2.11. The van der Waals surface area contributed by atoms with Gasteiger partial charge < -0.3 is 19.8 Å². The molecule has 2 aromatic heterocycles. The Morgan fingerprint density at radius 1 is 1.06 bits per heavy atom. The second-order valence-electron chi connectivity index (χ2n) is 7.15. The van der Waals surface area contributed by atoms with E-state index in [1.165, 1.54) is 0 Å². The Balaban J connectivity index is 1.38. The van der Waals surface area contributed by atoms with Crippen molar-refractivity contribution < 1.29 is 14.3 Å². The maximum Gasteiger partial charge on any atom is 0.255 e. The number of hydrogen-bond acceptors (Lipinski definition) is 4. The first-order valence-electron chi connectivity index (χ1n) is 9.99. The summed E-state index contributed by atoms with van der Waals surface area (Å²) in [6.07, 6.45) is 3.83. The first-order chi connectivity index (χ1) is 15.5. The summed E-state index contributed by atoms with van der Waals surface area (Å²) in [4.78, 5) is 29.5. The summed E-state index contributed by atoms with van der Waals surface area (Å²) in [6.45, 7) is 2.05. The van der Waals surface area contributed by atoms with Crippen molar-refractivity contribution in [3.05, 3.63) is 94.4 Å². The highest BCUT2D eigenvalue weighted by Gasteiger charge is 2.14. The predicted molar refractivity (Wildman–Crippen MR) is 126 cm³/mol. The Labute approximate surface area is 193 Å². The maximum atomic E-state index is 12.7. The molecule has 2 heterocycles. The molecule has 0 fully saturated rings. The van der Waals surface area contributed by atoms with Crippen LogP contribution in [-0.4, -0.2) is 27.7 Å². The van der Waals surface area contributed by atoms with Crippen LogP contribution < -0.4 is 15.4 Å². The highest BCUT2D eigenvalue weighted by atomic mass is 79.9. The summed E-state index contributed by atoms with van der Waals surface area (Å²) in [5, 5.41) is 5.39. The maximum absolute atomic E-state index is 12.7. The number of benzene rings is 2. The van der Waals surface area contributed by atoms with Crippen LogP contribution in [-0.2, 0) is 11.4 Å². The van der Waals surface area contributed by atoms with Crippen molar-refractivity contribution in [1.82, 2.24) is 14.7 Å². The van der Waals surface area contributed by atoms with Crippen LogP contribution in [0, 0.1) is 6.92 Å². The number of aromatic nitrogens is 2. The quantitative estimate of drug-likeness (QED) is 0.401. The Morgan fingerprint density at radius 3 is 2.66 bits per heavy atom. The number of pyridine rings is 1. The van der Waals surface area contributed by atoms with Crippen LogP contribution in [0.25, 0.3) is 5.65 Å². The van der Waals surface area contributed by atoms with Gasteiger partial charge in [0.1, 0.15) is 18.0 Å². The minimum absolute atomic E-state index is 0.166. The third-order valence-corrected chi connectivity index (χ3v) is 5.48. The van der Waals surface area contributed by atoms with E-state index in [0.717, 1.165) is 21.4 Å². The van der Waals surface area contributed by atoms with E-state index in [9.17, 15) is 9.59 Å². The smallest absolute Gasteiger partial charge is 0.255 e. The number of fused-ring (bicyclic) bond motifs is 1. The van der Waals surface area contributed by atoms with E-state index in [4.69, 9.17) is 4.74 Å². The molecule has 2 N–H and O–H groups in total. The molecular formula is C24H21BrN4O3. The van der Waals surface area contributed by atoms with E-state index in [1.807, 2.05) is 54.0 Å². The van der Waals surface area contributed by atoms with Crippen LogP contribution in [0.2, 0.25) is 0 Å². The van der Waals surface area contributed by atoms with Gasteiger partial charge in [0, 0.05) is 16.9 Å². The topological polar surface area (TPSA) is 84.7 Å². The zero-order chi connectivity index (χ0) is 22.5. The number of aryl methyl sites for hydroxylation is 1. The molecule has 0 spiro atoms. The van der Waals surface area contributed by atoms with Gasteiger partial charge in [0.25, 0.3) is 5.91 Å². The van der Waals surface area contributed by atoms with Gasteiger partial charge in [-0.25, -0.2) is 4.98 Å². The van der Waals surface area contributed by atoms with Crippen LogP contribution in [0.15, 0.2) is 77.5 Å². The number of para-hydroxylation sites is 2. The molecular weight excluding hydrogens is 472 g/mol. The van der Waals surface area contributed by atoms with E-state index in [1.54, 1.807) is 30.3 Å². The van der Waals surface area contributed by atoms with Crippen LogP contribution in [0.1, 0.15) is 21.6 Å². The predicted octanol–water partition coefficient (Wildman–Crippen LogP) is 4.35. The highest BCUT2D eigenvalue weighted by Crippen LogP contribution is 2.21. The molecule has 0 atom stereocenters. The van der Waals surface area contributed by atoms with Gasteiger partial charge in [-0.05, 0) is 58.7 Å². The van der Waals surface area contributed by atoms with Crippen molar-refractivity contribution in [3.63, 3.8) is 0 Å². The molecule has 0 unspecified atom stereocenters. The number of amides is 2. The van der Waals surface area contributed by atoms with Gasteiger partial charge in [0.15, 0.2) is 0 Å². The molecule has 32 heavy (non-hydrogen) atoms. The molecule has 0 aliphatic rings. The molecule has 0 bridgehead atoms. The molecule has 8 heteroatoms. The molecule has 7 nitrogen and oxygen atoms in total. The summed E-state index contributed by atoms with van der Waals surface area (Å²) in [6, 6.07) is 18.1. The number of nitrogens with one attached hydrogen (secondary N) is 2. The van der Waals surface area contributed by atoms with Gasteiger partial charge in [0.05, 0.1) is 23.5 Å². The second kappa shape index (κ2) is 9.65. The average Bonchev–Trinajstić information content (AvgIpc) is 3.22. The second-order valence-corrected chi connectivity index (χ2v) is 8.00. The molecule has 2 aromatic carbocycles. The van der Waals surface area contributed by atoms with Gasteiger partial charge in [-0.2, -0.15) is 0 Å². The lowest BCUT2D eigenvalue weighted by molar-refractivity contribution is -0.115. The summed E-state index contributed by atoms with van der Waals surface area (Å²) in [5.74, 6) is -0.303. The van der Waals surface area contributed by atoms with Crippen molar-refractivity contribution in [2.24, 2.45) is 0 Å². The van der Waals surface area contributed by atoms with Gasteiger partial charge >= 0.3 is 0 Å². The van der Waals surface area contributed by atoms with E-state index >= 15 is 0 Å². The molecule has 2 amide bonds. The SMILES string of the molecule is Cc1cccn2cc(COc3ccccc3C(=O)NCC(=O)Nc3ccccc3Br)nc12. The highest BCUT2D eigenvalue weighted by molar-refractivity contribution is 9.10.